The van der Waals surface area contributed by atoms with Gasteiger partial charge in [0.15, 0.2) is 5.96 Å². The highest BCUT2D eigenvalue weighted by Crippen LogP contribution is 2.15. The van der Waals surface area contributed by atoms with Crippen LogP contribution in [-0.2, 0) is 0 Å². The number of likely N-dealkylation sites (N-methyl/N-ethyl adjacent to an activating group) is 1. The van der Waals surface area contributed by atoms with Crippen LogP contribution in [-0.4, -0.2) is 61.6 Å². The second-order valence-electron chi connectivity index (χ2n) is 4.93. The van der Waals surface area contributed by atoms with Crippen LogP contribution >= 0.6 is 24.0 Å². The van der Waals surface area contributed by atoms with E-state index in [-0.39, 0.29) is 24.0 Å². The van der Waals surface area contributed by atoms with E-state index < -0.39 is 0 Å². The van der Waals surface area contributed by atoms with Crippen molar-refractivity contribution in [2.45, 2.75) is 32.2 Å². The standard InChI is InChI=1S/C12H24N4.HI/c1-11-5-3-4-8-16(11)10-7-14-12-13-6-9-15(12)2;/h11H,3-10H2,1-2H3,(H,13,14);1H. The van der Waals surface area contributed by atoms with Gasteiger partial charge in [-0.3, -0.25) is 9.89 Å². The maximum atomic E-state index is 4.43. The van der Waals surface area contributed by atoms with E-state index in [2.05, 4.69) is 34.1 Å². The van der Waals surface area contributed by atoms with Gasteiger partial charge in [-0.1, -0.05) is 6.42 Å². The number of halogens is 1. The van der Waals surface area contributed by atoms with Gasteiger partial charge in [-0.2, -0.15) is 0 Å². The fourth-order valence-electron chi connectivity index (χ4n) is 2.52. The molecule has 2 aliphatic heterocycles. The number of hydrogen-bond donors (Lipinski definition) is 1. The van der Waals surface area contributed by atoms with Gasteiger partial charge in [-0.05, 0) is 26.3 Å². The van der Waals surface area contributed by atoms with E-state index in [0.29, 0.717) is 0 Å². The summed E-state index contributed by atoms with van der Waals surface area (Å²) < 4.78 is 0. The summed E-state index contributed by atoms with van der Waals surface area (Å²) in [6.45, 7) is 7.78. The summed E-state index contributed by atoms with van der Waals surface area (Å²) in [6, 6.07) is 0.763. The first-order valence-corrected chi connectivity index (χ1v) is 6.51. The molecule has 0 saturated carbocycles. The molecule has 0 bridgehead atoms. The van der Waals surface area contributed by atoms with E-state index in [0.717, 1.165) is 38.2 Å². The smallest absolute Gasteiger partial charge is 0.193 e. The second-order valence-corrected chi connectivity index (χ2v) is 4.93. The highest BCUT2D eigenvalue weighted by Gasteiger charge is 2.18. The summed E-state index contributed by atoms with van der Waals surface area (Å²) in [7, 11) is 2.10. The van der Waals surface area contributed by atoms with Gasteiger partial charge in [0.05, 0.1) is 6.54 Å². The molecule has 1 unspecified atom stereocenters. The Morgan fingerprint density at radius 3 is 2.82 bits per heavy atom. The molecule has 1 fully saturated rings. The van der Waals surface area contributed by atoms with Crippen molar-refractivity contribution in [3.63, 3.8) is 0 Å². The molecule has 0 radical (unpaired) electrons. The van der Waals surface area contributed by atoms with Crippen molar-refractivity contribution in [1.29, 1.82) is 0 Å². The van der Waals surface area contributed by atoms with Gasteiger partial charge in [0.25, 0.3) is 0 Å². The van der Waals surface area contributed by atoms with E-state index in [1.807, 2.05) is 0 Å². The molecule has 0 aliphatic carbocycles. The molecule has 0 aromatic rings. The number of likely N-dealkylation sites (tertiary alicyclic amines) is 1. The summed E-state index contributed by atoms with van der Waals surface area (Å²) in [5.74, 6) is 1.07. The van der Waals surface area contributed by atoms with E-state index in [4.69, 9.17) is 0 Å². The van der Waals surface area contributed by atoms with Crippen molar-refractivity contribution >= 4 is 29.9 Å². The van der Waals surface area contributed by atoms with Gasteiger partial charge >= 0.3 is 0 Å². The van der Waals surface area contributed by atoms with E-state index in [1.165, 1.54) is 25.8 Å². The molecule has 0 amide bonds. The van der Waals surface area contributed by atoms with Gasteiger partial charge in [0.2, 0.25) is 0 Å². The Morgan fingerprint density at radius 1 is 1.35 bits per heavy atom. The Bertz CT molecular complexity index is 257. The van der Waals surface area contributed by atoms with Crippen molar-refractivity contribution in [3.05, 3.63) is 0 Å². The zero-order valence-electron chi connectivity index (χ0n) is 11.0. The molecule has 2 rings (SSSR count). The molecule has 1 saturated heterocycles. The average molecular weight is 352 g/mol. The first-order valence-electron chi connectivity index (χ1n) is 6.51. The Balaban J connectivity index is 0.00000144. The number of nitrogens with zero attached hydrogens (tertiary/aromatic N) is 3. The van der Waals surface area contributed by atoms with Crippen molar-refractivity contribution in [1.82, 2.24) is 15.1 Å². The first kappa shape index (κ1) is 15.0. The SMILES string of the molecule is CC1CCCCN1CCNC1=NCCN1C.I. The fraction of sp³-hybridized carbons (Fsp3) is 0.917. The molecule has 5 heteroatoms. The number of hydrogen-bond acceptors (Lipinski definition) is 4. The largest absolute Gasteiger partial charge is 0.355 e. The molecule has 0 aromatic carbocycles. The van der Waals surface area contributed by atoms with Crippen molar-refractivity contribution in [3.8, 4) is 0 Å². The van der Waals surface area contributed by atoms with Gasteiger partial charge in [0, 0.05) is 32.7 Å². The normalized spacial score (nSPS) is 25.4. The van der Waals surface area contributed by atoms with Gasteiger partial charge in [0.1, 0.15) is 0 Å². The van der Waals surface area contributed by atoms with Crippen molar-refractivity contribution in [2.24, 2.45) is 4.99 Å². The molecular formula is C12H25IN4. The summed E-state index contributed by atoms with van der Waals surface area (Å²) in [4.78, 5) is 9.21. The van der Waals surface area contributed by atoms with Crippen LogP contribution in [0.5, 0.6) is 0 Å². The van der Waals surface area contributed by atoms with E-state index in [1.54, 1.807) is 0 Å². The van der Waals surface area contributed by atoms with Crippen LogP contribution in [0.25, 0.3) is 0 Å². The molecule has 0 spiro atoms. The van der Waals surface area contributed by atoms with Crippen LogP contribution in [0.3, 0.4) is 0 Å². The average Bonchev–Trinajstić information content (AvgIpc) is 2.67. The predicted octanol–water partition coefficient (Wildman–Crippen LogP) is 1.37. The lowest BCUT2D eigenvalue weighted by molar-refractivity contribution is 0.163. The lowest BCUT2D eigenvalue weighted by atomic mass is 10.0. The highest BCUT2D eigenvalue weighted by atomic mass is 127. The lowest BCUT2D eigenvalue weighted by Crippen LogP contribution is -2.44. The zero-order chi connectivity index (χ0) is 11.4. The Labute approximate surface area is 122 Å². The molecule has 17 heavy (non-hydrogen) atoms. The number of piperidine rings is 1. The third-order valence-electron chi connectivity index (χ3n) is 3.68. The summed E-state index contributed by atoms with van der Waals surface area (Å²) in [6.07, 6.45) is 4.13. The van der Waals surface area contributed by atoms with Crippen LogP contribution in [0.15, 0.2) is 4.99 Å². The number of rotatable bonds is 3. The number of guanidine groups is 1. The van der Waals surface area contributed by atoms with Gasteiger partial charge < -0.3 is 10.2 Å². The molecule has 0 aromatic heterocycles. The Kier molecular flexibility index (Phi) is 6.54. The van der Waals surface area contributed by atoms with Crippen LogP contribution in [0.1, 0.15) is 26.2 Å². The minimum absolute atomic E-state index is 0. The summed E-state index contributed by atoms with van der Waals surface area (Å²) in [5.41, 5.74) is 0. The minimum Gasteiger partial charge on any atom is -0.355 e. The van der Waals surface area contributed by atoms with Crippen molar-refractivity contribution in [2.75, 3.05) is 39.8 Å². The van der Waals surface area contributed by atoms with Crippen LogP contribution in [0, 0.1) is 0 Å². The molecule has 2 heterocycles. The molecule has 100 valence electrons. The first-order chi connectivity index (χ1) is 7.77. The number of nitrogens with one attached hydrogen (secondary N) is 1. The topological polar surface area (TPSA) is 30.9 Å². The maximum Gasteiger partial charge on any atom is 0.193 e. The molecule has 1 N–H and O–H groups in total. The molecule has 1 atom stereocenters. The molecule has 2 aliphatic rings. The van der Waals surface area contributed by atoms with E-state index >= 15 is 0 Å². The third-order valence-corrected chi connectivity index (χ3v) is 3.68. The maximum absolute atomic E-state index is 4.43. The lowest BCUT2D eigenvalue weighted by Gasteiger charge is -2.33. The van der Waals surface area contributed by atoms with Gasteiger partial charge in [-0.25, -0.2) is 0 Å². The second kappa shape index (κ2) is 7.41. The Morgan fingerprint density at radius 2 is 2.18 bits per heavy atom. The third kappa shape index (κ3) is 4.28. The number of aliphatic imine (C=N–C) groups is 1. The highest BCUT2D eigenvalue weighted by molar-refractivity contribution is 14.0. The quantitative estimate of drug-likeness (QED) is 0.779. The van der Waals surface area contributed by atoms with Gasteiger partial charge in [-0.15, -0.1) is 24.0 Å². The summed E-state index contributed by atoms with van der Waals surface area (Å²) >= 11 is 0. The monoisotopic (exact) mass is 352 g/mol. The summed E-state index contributed by atoms with van der Waals surface area (Å²) in [5, 5.41) is 3.43. The zero-order valence-corrected chi connectivity index (χ0v) is 13.3. The van der Waals surface area contributed by atoms with E-state index in [9.17, 15) is 0 Å². The molecular weight excluding hydrogens is 327 g/mol. The van der Waals surface area contributed by atoms with Crippen LogP contribution < -0.4 is 5.32 Å². The minimum atomic E-state index is 0. The molecule has 4 nitrogen and oxygen atoms in total. The Hall–Kier alpha value is -0.0400. The fourth-order valence-corrected chi connectivity index (χ4v) is 2.52. The predicted molar refractivity (Wildman–Crippen MR) is 83.2 cm³/mol. The van der Waals surface area contributed by atoms with Crippen LogP contribution in [0.4, 0.5) is 0 Å². The van der Waals surface area contributed by atoms with Crippen molar-refractivity contribution < 1.29 is 0 Å². The van der Waals surface area contributed by atoms with Crippen LogP contribution in [0.2, 0.25) is 0 Å².